The Labute approximate surface area is 111 Å². The van der Waals surface area contributed by atoms with Crippen LogP contribution in [0.25, 0.3) is 0 Å². The molecule has 1 aromatic heterocycles. The molecular formula is C11H17N3O4S. The van der Waals surface area contributed by atoms with Crippen LogP contribution in [0, 0.1) is 5.41 Å². The molecule has 1 atom stereocenters. The van der Waals surface area contributed by atoms with E-state index in [-0.39, 0.29) is 22.0 Å². The average molecular weight is 287 g/mol. The van der Waals surface area contributed by atoms with Crippen LogP contribution in [0.3, 0.4) is 0 Å². The molecule has 0 amide bonds. The smallest absolute Gasteiger partial charge is 0.340 e. The highest BCUT2D eigenvalue weighted by Crippen LogP contribution is 2.37. The van der Waals surface area contributed by atoms with Gasteiger partial charge in [-0.15, -0.1) is 0 Å². The minimum atomic E-state index is -3.88. The number of carboxylic acids is 1. The molecule has 0 aromatic carbocycles. The number of hydrogen-bond donors (Lipinski definition) is 3. The van der Waals surface area contributed by atoms with Crippen molar-refractivity contribution in [2.75, 3.05) is 0 Å². The van der Waals surface area contributed by atoms with Crippen LogP contribution < -0.4 is 4.72 Å². The summed E-state index contributed by atoms with van der Waals surface area (Å²) < 4.78 is 26.8. The van der Waals surface area contributed by atoms with Gasteiger partial charge in [0.2, 0.25) is 0 Å². The van der Waals surface area contributed by atoms with Crippen molar-refractivity contribution in [3.05, 3.63) is 11.8 Å². The first-order valence-corrected chi connectivity index (χ1v) is 7.49. The number of carboxylic acid groups (broad SMARTS) is 1. The SMILES string of the molecule is CC1(C)CCC(NS(=O)(=O)c2[nH]ncc2C(=O)O)C1. The number of carbonyl (C=O) groups is 1. The van der Waals surface area contributed by atoms with Gasteiger partial charge >= 0.3 is 5.97 Å². The molecule has 1 heterocycles. The molecule has 8 heteroatoms. The third-order valence-corrected chi connectivity index (χ3v) is 4.89. The first-order chi connectivity index (χ1) is 8.71. The molecule has 2 rings (SSSR count). The highest BCUT2D eigenvalue weighted by Gasteiger charge is 2.35. The lowest BCUT2D eigenvalue weighted by Gasteiger charge is -2.17. The van der Waals surface area contributed by atoms with E-state index in [4.69, 9.17) is 5.11 Å². The zero-order chi connectivity index (χ0) is 14.3. The molecule has 0 radical (unpaired) electrons. The number of H-pyrrole nitrogens is 1. The molecule has 0 bridgehead atoms. The fourth-order valence-corrected chi connectivity index (χ4v) is 3.81. The Hall–Kier alpha value is -1.41. The Morgan fingerprint density at radius 2 is 2.26 bits per heavy atom. The van der Waals surface area contributed by atoms with E-state index < -0.39 is 16.0 Å². The first kappa shape index (κ1) is 14.0. The Morgan fingerprint density at radius 1 is 1.58 bits per heavy atom. The summed E-state index contributed by atoms with van der Waals surface area (Å²) in [6, 6.07) is -0.162. The number of nitrogens with zero attached hydrogens (tertiary/aromatic N) is 1. The average Bonchev–Trinajstić information content (AvgIpc) is 2.84. The highest BCUT2D eigenvalue weighted by atomic mass is 32.2. The third kappa shape index (κ3) is 2.95. The number of hydrogen-bond acceptors (Lipinski definition) is 4. The van der Waals surface area contributed by atoms with Crippen LogP contribution in [-0.2, 0) is 10.0 Å². The molecule has 1 aliphatic carbocycles. The Balaban J connectivity index is 2.20. The lowest BCUT2D eigenvalue weighted by Crippen LogP contribution is -2.34. The number of rotatable bonds is 4. The van der Waals surface area contributed by atoms with Crippen molar-refractivity contribution in [1.29, 1.82) is 0 Å². The Bertz CT molecular complexity index is 591. The Kier molecular flexibility index (Phi) is 3.40. The van der Waals surface area contributed by atoms with Crippen LogP contribution in [0.5, 0.6) is 0 Å². The van der Waals surface area contributed by atoms with Crippen LogP contribution in [0.1, 0.15) is 43.5 Å². The van der Waals surface area contributed by atoms with Crippen molar-refractivity contribution in [2.45, 2.75) is 44.2 Å². The summed E-state index contributed by atoms with van der Waals surface area (Å²) in [6.07, 6.45) is 3.43. The second kappa shape index (κ2) is 4.61. The number of sulfonamides is 1. The van der Waals surface area contributed by atoms with E-state index in [2.05, 4.69) is 28.8 Å². The van der Waals surface area contributed by atoms with Crippen molar-refractivity contribution < 1.29 is 18.3 Å². The van der Waals surface area contributed by atoms with Crippen molar-refractivity contribution in [2.24, 2.45) is 5.41 Å². The van der Waals surface area contributed by atoms with E-state index in [9.17, 15) is 13.2 Å². The van der Waals surface area contributed by atoms with E-state index in [1.165, 1.54) is 0 Å². The second-order valence-electron chi connectivity index (χ2n) is 5.64. The van der Waals surface area contributed by atoms with Gasteiger partial charge in [0, 0.05) is 6.04 Å². The van der Waals surface area contributed by atoms with Crippen LogP contribution in [0.4, 0.5) is 0 Å². The van der Waals surface area contributed by atoms with E-state index in [1.807, 2.05) is 0 Å². The van der Waals surface area contributed by atoms with Crippen LogP contribution in [-0.4, -0.2) is 35.7 Å². The second-order valence-corrected chi connectivity index (χ2v) is 7.29. The molecule has 1 fully saturated rings. The summed E-state index contributed by atoms with van der Waals surface area (Å²) in [5.41, 5.74) is -0.235. The number of aromatic nitrogens is 2. The lowest BCUT2D eigenvalue weighted by molar-refractivity contribution is 0.0692. The fourth-order valence-electron chi connectivity index (χ4n) is 2.45. The molecule has 3 N–H and O–H groups in total. The van der Waals surface area contributed by atoms with Gasteiger partial charge in [0.1, 0.15) is 5.56 Å². The van der Waals surface area contributed by atoms with Gasteiger partial charge in [-0.3, -0.25) is 5.10 Å². The molecule has 1 unspecified atom stereocenters. The van der Waals surface area contributed by atoms with Crippen molar-refractivity contribution in [3.63, 3.8) is 0 Å². The van der Waals surface area contributed by atoms with Gasteiger partial charge in [-0.1, -0.05) is 13.8 Å². The predicted octanol–water partition coefficient (Wildman–Crippen LogP) is 0.965. The van der Waals surface area contributed by atoms with Gasteiger partial charge in [-0.25, -0.2) is 17.9 Å². The molecule has 1 aromatic rings. The zero-order valence-electron chi connectivity index (χ0n) is 10.8. The standard InChI is InChI=1S/C11H17N3O4S/c1-11(2)4-3-7(5-11)14-19(17,18)9-8(10(15)16)6-12-13-9/h6-7,14H,3-5H2,1-2H3,(H,12,13)(H,15,16). The quantitative estimate of drug-likeness (QED) is 0.763. The molecule has 0 saturated heterocycles. The molecule has 0 spiro atoms. The zero-order valence-corrected chi connectivity index (χ0v) is 11.6. The maximum absolute atomic E-state index is 12.1. The molecule has 19 heavy (non-hydrogen) atoms. The van der Waals surface area contributed by atoms with Gasteiger partial charge in [0.25, 0.3) is 10.0 Å². The topological polar surface area (TPSA) is 112 Å². The molecule has 1 saturated carbocycles. The number of aromatic carboxylic acids is 1. The normalized spacial score (nSPS) is 22.5. The molecular weight excluding hydrogens is 270 g/mol. The van der Waals surface area contributed by atoms with Gasteiger partial charge < -0.3 is 5.11 Å². The maximum atomic E-state index is 12.1. The maximum Gasteiger partial charge on any atom is 0.340 e. The lowest BCUT2D eigenvalue weighted by atomic mass is 9.92. The molecule has 106 valence electrons. The largest absolute Gasteiger partial charge is 0.478 e. The minimum Gasteiger partial charge on any atom is -0.478 e. The first-order valence-electron chi connectivity index (χ1n) is 6.00. The minimum absolute atomic E-state index is 0.108. The van der Waals surface area contributed by atoms with Crippen LogP contribution >= 0.6 is 0 Å². The van der Waals surface area contributed by atoms with Gasteiger partial charge in [-0.05, 0) is 24.7 Å². The monoisotopic (exact) mass is 287 g/mol. The van der Waals surface area contributed by atoms with Crippen LogP contribution in [0.15, 0.2) is 11.2 Å². The van der Waals surface area contributed by atoms with E-state index in [1.54, 1.807) is 0 Å². The van der Waals surface area contributed by atoms with Crippen molar-refractivity contribution >= 4 is 16.0 Å². The summed E-state index contributed by atoms with van der Waals surface area (Å²) in [5, 5.41) is 14.3. The predicted molar refractivity (Wildman–Crippen MR) is 67.3 cm³/mol. The third-order valence-electron chi connectivity index (χ3n) is 3.39. The van der Waals surface area contributed by atoms with E-state index in [0.29, 0.717) is 0 Å². The fraction of sp³-hybridized carbons (Fsp3) is 0.636. The summed E-state index contributed by atoms with van der Waals surface area (Å²) in [4.78, 5) is 10.9. The summed E-state index contributed by atoms with van der Waals surface area (Å²) in [7, 11) is -3.88. The highest BCUT2D eigenvalue weighted by molar-refractivity contribution is 7.89. The van der Waals surface area contributed by atoms with Crippen LogP contribution in [0.2, 0.25) is 0 Å². The van der Waals surface area contributed by atoms with Gasteiger partial charge in [0.05, 0.1) is 6.20 Å². The van der Waals surface area contributed by atoms with E-state index >= 15 is 0 Å². The Morgan fingerprint density at radius 3 is 2.79 bits per heavy atom. The van der Waals surface area contributed by atoms with Gasteiger partial charge in [-0.2, -0.15) is 5.10 Å². The van der Waals surface area contributed by atoms with E-state index in [0.717, 1.165) is 25.5 Å². The number of nitrogens with one attached hydrogen (secondary N) is 2. The van der Waals surface area contributed by atoms with Crippen molar-refractivity contribution in [3.8, 4) is 0 Å². The van der Waals surface area contributed by atoms with Gasteiger partial charge in [0.15, 0.2) is 5.03 Å². The molecule has 0 aliphatic heterocycles. The number of aromatic amines is 1. The molecule has 7 nitrogen and oxygen atoms in total. The summed E-state index contributed by atoms with van der Waals surface area (Å²) in [6.45, 7) is 4.17. The summed E-state index contributed by atoms with van der Waals surface area (Å²) in [5.74, 6) is -1.32. The summed E-state index contributed by atoms with van der Waals surface area (Å²) >= 11 is 0. The van der Waals surface area contributed by atoms with Crippen molar-refractivity contribution in [1.82, 2.24) is 14.9 Å². The molecule has 1 aliphatic rings.